The fraction of sp³-hybridized carbons (Fsp3) is 0.143. The second-order valence-electron chi connectivity index (χ2n) is 4.56. The zero-order valence-electron chi connectivity index (χ0n) is 9.89. The topological polar surface area (TPSA) is 48.0 Å². The Kier molecular flexibility index (Phi) is 2.11. The van der Waals surface area contributed by atoms with Gasteiger partial charge >= 0.3 is 0 Å². The maximum Gasteiger partial charge on any atom is 0.166 e. The van der Waals surface area contributed by atoms with Crippen LogP contribution in [0.3, 0.4) is 0 Å². The molecule has 19 heavy (non-hydrogen) atoms. The minimum Gasteiger partial charge on any atom is -0.472 e. The van der Waals surface area contributed by atoms with Gasteiger partial charge in [-0.2, -0.15) is 0 Å². The van der Waals surface area contributed by atoms with Gasteiger partial charge in [-0.05, 0) is 18.2 Å². The average molecular weight is 273 g/mol. The molecule has 3 heterocycles. The van der Waals surface area contributed by atoms with Crippen LogP contribution in [0.25, 0.3) is 22.4 Å². The lowest BCUT2D eigenvalue weighted by molar-refractivity contribution is 0.0973. The summed E-state index contributed by atoms with van der Waals surface area (Å²) in [4.78, 5) is 16.6. The highest BCUT2D eigenvalue weighted by Gasteiger charge is 2.25. The number of imidazole rings is 1. The number of carbonyl (C=O) groups is 1. The first kappa shape index (κ1) is 10.8. The van der Waals surface area contributed by atoms with Crippen LogP contribution in [0.4, 0.5) is 0 Å². The summed E-state index contributed by atoms with van der Waals surface area (Å²) in [6.07, 6.45) is 3.75. The number of aromatic nitrogens is 2. The third-order valence-corrected chi connectivity index (χ3v) is 3.79. The Morgan fingerprint density at radius 3 is 3.00 bits per heavy atom. The molecule has 0 radical (unpaired) electrons. The maximum atomic E-state index is 12.0. The summed E-state index contributed by atoms with van der Waals surface area (Å²) in [7, 11) is 0. The van der Waals surface area contributed by atoms with Gasteiger partial charge in [-0.1, -0.05) is 11.6 Å². The predicted octanol–water partition coefficient (Wildman–Crippen LogP) is 3.54. The van der Waals surface area contributed by atoms with E-state index in [1.54, 1.807) is 24.7 Å². The highest BCUT2D eigenvalue weighted by Crippen LogP contribution is 2.34. The van der Waals surface area contributed by atoms with E-state index in [1.807, 2.05) is 10.6 Å². The lowest BCUT2D eigenvalue weighted by atomic mass is 10.0. The third-order valence-electron chi connectivity index (χ3n) is 3.49. The number of carbonyl (C=O) groups excluding carboxylic acids is 1. The van der Waals surface area contributed by atoms with Gasteiger partial charge in [0, 0.05) is 18.5 Å². The van der Waals surface area contributed by atoms with Crippen molar-refractivity contribution in [2.75, 3.05) is 0 Å². The van der Waals surface area contributed by atoms with Crippen molar-refractivity contribution < 1.29 is 9.21 Å². The Morgan fingerprint density at radius 2 is 2.21 bits per heavy atom. The first-order valence-electron chi connectivity index (χ1n) is 6.00. The Hall–Kier alpha value is -2.07. The molecule has 0 N–H and O–H groups in total. The van der Waals surface area contributed by atoms with Crippen LogP contribution in [-0.4, -0.2) is 15.3 Å². The van der Waals surface area contributed by atoms with Crippen molar-refractivity contribution in [1.29, 1.82) is 0 Å². The number of benzene rings is 1. The molecule has 1 aliphatic rings. The van der Waals surface area contributed by atoms with Crippen molar-refractivity contribution in [3.8, 4) is 11.4 Å². The number of rotatable bonds is 1. The quantitative estimate of drug-likeness (QED) is 0.681. The van der Waals surface area contributed by atoms with Crippen LogP contribution in [0.15, 0.2) is 35.1 Å². The number of hydrogen-bond donors (Lipinski definition) is 0. The molecule has 0 saturated heterocycles. The molecule has 0 bridgehead atoms. The molecule has 0 atom stereocenters. The smallest absolute Gasteiger partial charge is 0.166 e. The zero-order chi connectivity index (χ0) is 13.0. The Bertz CT molecular complexity index is 803. The van der Waals surface area contributed by atoms with E-state index in [4.69, 9.17) is 16.0 Å². The molecule has 94 valence electrons. The van der Waals surface area contributed by atoms with E-state index in [2.05, 4.69) is 4.98 Å². The molecule has 1 aliphatic heterocycles. The highest BCUT2D eigenvalue weighted by molar-refractivity contribution is 6.35. The maximum absolute atomic E-state index is 12.0. The van der Waals surface area contributed by atoms with Gasteiger partial charge < -0.3 is 8.98 Å². The van der Waals surface area contributed by atoms with Gasteiger partial charge in [0.15, 0.2) is 5.78 Å². The monoisotopic (exact) mass is 272 g/mol. The number of halogens is 1. The number of nitrogens with zero attached hydrogens (tertiary/aromatic N) is 2. The number of aryl methyl sites for hydroxylation is 1. The Morgan fingerprint density at radius 1 is 1.32 bits per heavy atom. The molecule has 4 nitrogen and oxygen atoms in total. The molecule has 0 unspecified atom stereocenters. The first-order chi connectivity index (χ1) is 9.25. The van der Waals surface area contributed by atoms with Gasteiger partial charge in [0.2, 0.25) is 0 Å². The van der Waals surface area contributed by atoms with Crippen LogP contribution in [-0.2, 0) is 6.54 Å². The molecule has 5 heteroatoms. The molecule has 1 aromatic carbocycles. The van der Waals surface area contributed by atoms with Crippen LogP contribution in [0.5, 0.6) is 0 Å². The summed E-state index contributed by atoms with van der Waals surface area (Å²) < 4.78 is 7.16. The van der Waals surface area contributed by atoms with Gasteiger partial charge in [0.25, 0.3) is 0 Å². The number of furan rings is 1. The fourth-order valence-electron chi connectivity index (χ4n) is 2.61. The van der Waals surface area contributed by atoms with Crippen LogP contribution in [0.2, 0.25) is 5.02 Å². The second-order valence-corrected chi connectivity index (χ2v) is 4.97. The third kappa shape index (κ3) is 1.40. The van der Waals surface area contributed by atoms with E-state index in [0.717, 1.165) is 16.9 Å². The summed E-state index contributed by atoms with van der Waals surface area (Å²) in [5, 5.41) is 0.567. The van der Waals surface area contributed by atoms with Crippen molar-refractivity contribution in [3.05, 3.63) is 41.3 Å². The van der Waals surface area contributed by atoms with Crippen molar-refractivity contribution >= 4 is 28.4 Å². The van der Waals surface area contributed by atoms with E-state index >= 15 is 0 Å². The van der Waals surface area contributed by atoms with Crippen molar-refractivity contribution in [2.45, 2.75) is 13.0 Å². The van der Waals surface area contributed by atoms with Crippen molar-refractivity contribution in [3.63, 3.8) is 0 Å². The molecule has 0 aliphatic carbocycles. The van der Waals surface area contributed by atoms with E-state index in [0.29, 0.717) is 29.1 Å². The molecule has 0 spiro atoms. The van der Waals surface area contributed by atoms with Crippen molar-refractivity contribution in [2.24, 2.45) is 0 Å². The van der Waals surface area contributed by atoms with E-state index in [1.165, 1.54) is 0 Å². The molecule has 0 amide bonds. The minimum atomic E-state index is 0.146. The normalized spacial score (nSPS) is 14.3. The van der Waals surface area contributed by atoms with E-state index < -0.39 is 0 Å². The minimum absolute atomic E-state index is 0.146. The lowest BCUT2D eigenvalue weighted by Gasteiger charge is -2.15. The van der Waals surface area contributed by atoms with Crippen LogP contribution >= 0.6 is 11.6 Å². The molecule has 4 rings (SSSR count). The van der Waals surface area contributed by atoms with Crippen LogP contribution in [0.1, 0.15) is 16.8 Å². The number of Topliss-reactive ketones (excluding diaryl/α,β-unsaturated/α-hetero) is 1. The van der Waals surface area contributed by atoms with E-state index in [-0.39, 0.29) is 5.78 Å². The largest absolute Gasteiger partial charge is 0.472 e. The molecule has 3 aromatic rings. The summed E-state index contributed by atoms with van der Waals surface area (Å²) in [5.41, 5.74) is 3.11. The summed E-state index contributed by atoms with van der Waals surface area (Å²) >= 11 is 6.19. The van der Waals surface area contributed by atoms with Gasteiger partial charge in [0.1, 0.15) is 17.6 Å². The summed E-state index contributed by atoms with van der Waals surface area (Å²) in [5.74, 6) is 0.943. The Labute approximate surface area is 113 Å². The molecule has 0 saturated carbocycles. The first-order valence-corrected chi connectivity index (χ1v) is 6.38. The predicted molar refractivity (Wildman–Crippen MR) is 71.4 cm³/mol. The standard InChI is InChI=1S/C14H9ClN2O2/c15-10-2-1-9-11(18)3-5-17-13(9)12(10)16-14(17)8-4-6-19-7-8/h1-2,4,6-7H,3,5H2. The van der Waals surface area contributed by atoms with E-state index in [9.17, 15) is 4.79 Å². The van der Waals surface area contributed by atoms with Crippen LogP contribution in [0, 0.1) is 0 Å². The highest BCUT2D eigenvalue weighted by atomic mass is 35.5. The lowest BCUT2D eigenvalue weighted by Crippen LogP contribution is -2.14. The molecular weight excluding hydrogens is 264 g/mol. The van der Waals surface area contributed by atoms with Gasteiger partial charge in [-0.25, -0.2) is 4.98 Å². The van der Waals surface area contributed by atoms with Gasteiger partial charge in [0.05, 0.1) is 22.4 Å². The second kappa shape index (κ2) is 3.71. The SMILES string of the molecule is O=C1CCn2c(-c3ccoc3)nc3c(Cl)ccc1c32. The average Bonchev–Trinajstić information content (AvgIpc) is 3.04. The Balaban J connectivity index is 2.14. The number of hydrogen-bond acceptors (Lipinski definition) is 3. The molecule has 0 fully saturated rings. The van der Waals surface area contributed by atoms with Crippen LogP contribution < -0.4 is 0 Å². The van der Waals surface area contributed by atoms with Crippen molar-refractivity contribution in [1.82, 2.24) is 9.55 Å². The summed E-state index contributed by atoms with van der Waals surface area (Å²) in [6.45, 7) is 0.628. The summed E-state index contributed by atoms with van der Waals surface area (Å²) in [6, 6.07) is 5.37. The fourth-order valence-corrected chi connectivity index (χ4v) is 2.80. The zero-order valence-corrected chi connectivity index (χ0v) is 10.6. The molecule has 2 aromatic heterocycles. The number of ketones is 1. The molecular formula is C14H9ClN2O2. The van der Waals surface area contributed by atoms with Gasteiger partial charge in [-0.3, -0.25) is 4.79 Å². The van der Waals surface area contributed by atoms with Gasteiger partial charge in [-0.15, -0.1) is 0 Å².